The van der Waals surface area contributed by atoms with Gasteiger partial charge in [-0.05, 0) is 17.7 Å². The third-order valence-corrected chi connectivity index (χ3v) is 4.17. The minimum Gasteiger partial charge on any atom is -0.368 e. The van der Waals surface area contributed by atoms with Crippen molar-refractivity contribution in [2.45, 2.75) is 17.5 Å². The highest BCUT2D eigenvalue weighted by molar-refractivity contribution is 7.98. The van der Waals surface area contributed by atoms with Crippen molar-refractivity contribution in [3.8, 4) is 0 Å². The van der Waals surface area contributed by atoms with Crippen LogP contribution in [0.4, 0.5) is 5.95 Å². The molecule has 7 heteroatoms. The fraction of sp³-hybridized carbons (Fsp3) is 0.167. The molecule has 2 N–H and O–H groups in total. The fourth-order valence-electron chi connectivity index (χ4n) is 1.51. The van der Waals surface area contributed by atoms with Crippen LogP contribution in [0.15, 0.2) is 36.0 Å². The molecule has 1 aromatic heterocycles. The lowest BCUT2D eigenvalue weighted by molar-refractivity contribution is 0.733. The van der Waals surface area contributed by atoms with E-state index >= 15 is 0 Å². The number of hydrogen-bond acceptors (Lipinski definition) is 4. The molecule has 1 heterocycles. The predicted octanol–water partition coefficient (Wildman–Crippen LogP) is 3.65. The topological polar surface area (TPSA) is 56.7 Å². The molecule has 0 saturated carbocycles. The molecule has 2 rings (SSSR count). The average molecular weight is 315 g/mol. The normalized spacial score (nSPS) is 10.6. The second-order valence-corrected chi connectivity index (χ2v) is 5.49. The number of allylic oxidation sites excluding steroid dienone is 1. The lowest BCUT2D eigenvalue weighted by Crippen LogP contribution is -2.03. The Kier molecular flexibility index (Phi) is 4.74. The van der Waals surface area contributed by atoms with Crippen LogP contribution in [0.5, 0.6) is 0 Å². The van der Waals surface area contributed by atoms with Crippen LogP contribution in [0.3, 0.4) is 0 Å². The number of nitrogens with zero attached hydrogens (tertiary/aromatic N) is 3. The largest absolute Gasteiger partial charge is 0.368 e. The van der Waals surface area contributed by atoms with Crippen molar-refractivity contribution in [1.29, 1.82) is 0 Å². The molecule has 0 spiro atoms. The second-order valence-electron chi connectivity index (χ2n) is 3.73. The summed E-state index contributed by atoms with van der Waals surface area (Å²) in [6, 6.07) is 5.44. The van der Waals surface area contributed by atoms with Crippen LogP contribution in [-0.4, -0.2) is 14.8 Å². The van der Waals surface area contributed by atoms with Gasteiger partial charge in [-0.25, -0.2) is 0 Å². The first-order chi connectivity index (χ1) is 9.13. The van der Waals surface area contributed by atoms with Gasteiger partial charge in [0, 0.05) is 22.3 Å². The van der Waals surface area contributed by atoms with Gasteiger partial charge in [-0.2, -0.15) is 0 Å². The van der Waals surface area contributed by atoms with Crippen molar-refractivity contribution in [3.63, 3.8) is 0 Å². The lowest BCUT2D eigenvalue weighted by Gasteiger charge is -2.07. The van der Waals surface area contributed by atoms with Crippen LogP contribution in [-0.2, 0) is 12.3 Å². The first-order valence-corrected chi connectivity index (χ1v) is 7.23. The molecule has 0 fully saturated rings. The van der Waals surface area contributed by atoms with E-state index in [-0.39, 0.29) is 0 Å². The quantitative estimate of drug-likeness (QED) is 0.676. The zero-order valence-corrected chi connectivity index (χ0v) is 12.3. The molecule has 0 aliphatic rings. The van der Waals surface area contributed by atoms with Gasteiger partial charge in [0.25, 0.3) is 0 Å². The van der Waals surface area contributed by atoms with E-state index in [4.69, 9.17) is 28.9 Å². The summed E-state index contributed by atoms with van der Waals surface area (Å²) in [4.78, 5) is 0. The molecular weight excluding hydrogens is 303 g/mol. The Morgan fingerprint density at radius 1 is 1.32 bits per heavy atom. The Balaban J connectivity index is 2.17. The van der Waals surface area contributed by atoms with Gasteiger partial charge in [0.05, 0.1) is 0 Å². The van der Waals surface area contributed by atoms with Crippen LogP contribution in [0.2, 0.25) is 10.0 Å². The maximum absolute atomic E-state index is 6.12. The van der Waals surface area contributed by atoms with Crippen molar-refractivity contribution < 1.29 is 0 Å². The highest BCUT2D eigenvalue weighted by Gasteiger charge is 2.11. The third-order valence-electron chi connectivity index (χ3n) is 2.46. The van der Waals surface area contributed by atoms with E-state index in [2.05, 4.69) is 16.8 Å². The Morgan fingerprint density at radius 3 is 2.63 bits per heavy atom. The van der Waals surface area contributed by atoms with E-state index in [0.29, 0.717) is 33.4 Å². The van der Waals surface area contributed by atoms with Crippen LogP contribution < -0.4 is 5.73 Å². The number of aromatic nitrogens is 3. The van der Waals surface area contributed by atoms with Crippen molar-refractivity contribution >= 4 is 40.9 Å². The molecule has 0 atom stereocenters. The maximum atomic E-state index is 6.12. The van der Waals surface area contributed by atoms with Gasteiger partial charge in [0.1, 0.15) is 0 Å². The molecule has 0 aliphatic carbocycles. The van der Waals surface area contributed by atoms with E-state index in [1.54, 1.807) is 10.6 Å². The van der Waals surface area contributed by atoms with Gasteiger partial charge in [-0.3, -0.25) is 4.57 Å². The summed E-state index contributed by atoms with van der Waals surface area (Å²) < 4.78 is 1.78. The average Bonchev–Trinajstić information content (AvgIpc) is 2.71. The van der Waals surface area contributed by atoms with Gasteiger partial charge < -0.3 is 5.73 Å². The Bertz CT molecular complexity index is 577. The molecule has 100 valence electrons. The summed E-state index contributed by atoms with van der Waals surface area (Å²) >= 11 is 13.7. The molecule has 0 unspecified atom stereocenters. The van der Waals surface area contributed by atoms with Crippen LogP contribution in [0.1, 0.15) is 5.56 Å². The minimum atomic E-state index is 0.368. The van der Waals surface area contributed by atoms with Crippen LogP contribution in [0, 0.1) is 0 Å². The fourth-order valence-corrected chi connectivity index (χ4v) is 3.21. The van der Waals surface area contributed by atoms with Gasteiger partial charge in [-0.1, -0.05) is 47.1 Å². The summed E-state index contributed by atoms with van der Waals surface area (Å²) in [6.45, 7) is 4.25. The number of rotatable bonds is 5. The van der Waals surface area contributed by atoms with Gasteiger partial charge in [0.15, 0.2) is 5.16 Å². The first-order valence-electron chi connectivity index (χ1n) is 5.48. The standard InChI is InChI=1S/C12H12Cl2N4S/c1-2-6-18-11(15)16-17-12(18)19-7-8-9(13)4-3-5-10(8)14/h2-5H,1,6-7H2,(H2,15,16). The molecule has 0 bridgehead atoms. The Hall–Kier alpha value is -1.17. The zero-order valence-electron chi connectivity index (χ0n) is 10.0. The first kappa shape index (κ1) is 14.2. The van der Waals surface area contributed by atoms with E-state index in [1.807, 2.05) is 18.2 Å². The van der Waals surface area contributed by atoms with Crippen molar-refractivity contribution in [2.24, 2.45) is 0 Å². The monoisotopic (exact) mass is 314 g/mol. The van der Waals surface area contributed by atoms with Gasteiger partial charge >= 0.3 is 0 Å². The molecular formula is C12H12Cl2N4S. The van der Waals surface area contributed by atoms with Crippen LogP contribution >= 0.6 is 35.0 Å². The van der Waals surface area contributed by atoms with E-state index < -0.39 is 0 Å². The Labute approximate surface area is 125 Å². The number of hydrogen-bond donors (Lipinski definition) is 1. The van der Waals surface area contributed by atoms with Crippen molar-refractivity contribution in [1.82, 2.24) is 14.8 Å². The number of halogens is 2. The van der Waals surface area contributed by atoms with Gasteiger partial charge in [-0.15, -0.1) is 16.8 Å². The third kappa shape index (κ3) is 3.23. The number of benzene rings is 1. The van der Waals surface area contributed by atoms with E-state index in [9.17, 15) is 0 Å². The molecule has 1 aromatic carbocycles. The van der Waals surface area contributed by atoms with E-state index in [0.717, 1.165) is 5.56 Å². The number of nitrogen functional groups attached to an aromatic ring is 1. The van der Waals surface area contributed by atoms with Crippen molar-refractivity contribution in [3.05, 3.63) is 46.5 Å². The summed E-state index contributed by atoms with van der Waals surface area (Å²) in [6.07, 6.45) is 1.74. The smallest absolute Gasteiger partial charge is 0.222 e. The lowest BCUT2D eigenvalue weighted by atomic mass is 10.2. The summed E-state index contributed by atoms with van der Waals surface area (Å²) in [5.41, 5.74) is 6.61. The number of nitrogens with two attached hydrogens (primary N) is 1. The molecule has 0 amide bonds. The van der Waals surface area contributed by atoms with Gasteiger partial charge in [0.2, 0.25) is 5.95 Å². The summed E-state index contributed by atoms with van der Waals surface area (Å²) in [7, 11) is 0. The molecule has 0 radical (unpaired) electrons. The molecule has 4 nitrogen and oxygen atoms in total. The molecule has 19 heavy (non-hydrogen) atoms. The number of anilines is 1. The van der Waals surface area contributed by atoms with Crippen LogP contribution in [0.25, 0.3) is 0 Å². The highest BCUT2D eigenvalue weighted by atomic mass is 35.5. The molecule has 0 saturated heterocycles. The van der Waals surface area contributed by atoms with E-state index in [1.165, 1.54) is 11.8 Å². The summed E-state index contributed by atoms with van der Waals surface area (Å²) in [5.74, 6) is 0.973. The molecule has 2 aromatic rings. The summed E-state index contributed by atoms with van der Waals surface area (Å²) in [5, 5.41) is 9.87. The maximum Gasteiger partial charge on any atom is 0.222 e. The SMILES string of the molecule is C=CCn1c(N)nnc1SCc1c(Cl)cccc1Cl. The second kappa shape index (κ2) is 6.32. The highest BCUT2D eigenvalue weighted by Crippen LogP contribution is 2.31. The molecule has 0 aliphatic heterocycles. The number of thioether (sulfide) groups is 1. The Morgan fingerprint density at radius 2 is 2.00 bits per heavy atom. The van der Waals surface area contributed by atoms with Crippen molar-refractivity contribution in [2.75, 3.05) is 5.73 Å². The predicted molar refractivity (Wildman–Crippen MR) is 80.7 cm³/mol. The minimum absolute atomic E-state index is 0.368. The zero-order chi connectivity index (χ0) is 13.8.